The first-order valence-electron chi connectivity index (χ1n) is 15.4. The molecule has 2 nitrogen and oxygen atoms in total. The van der Waals surface area contributed by atoms with Crippen LogP contribution in [0.4, 0.5) is 0 Å². The fourth-order valence-corrected chi connectivity index (χ4v) is 10.3. The molecule has 2 heterocycles. The predicted octanol–water partition coefficient (Wildman–Crippen LogP) is 8.50. The van der Waals surface area contributed by atoms with E-state index in [0.29, 0.717) is 41.5 Å². The van der Waals surface area contributed by atoms with Gasteiger partial charge in [-0.15, -0.1) is 0 Å². The molecule has 9 atom stereocenters. The Balaban J connectivity index is 1.15. The van der Waals surface area contributed by atoms with E-state index in [1.54, 1.807) is 0 Å². The number of ether oxygens (including phenoxy) is 1. The van der Waals surface area contributed by atoms with Gasteiger partial charge in [-0.2, -0.15) is 0 Å². The average Bonchev–Trinajstić information content (AvgIpc) is 3.27. The van der Waals surface area contributed by atoms with E-state index in [4.69, 9.17) is 4.74 Å². The summed E-state index contributed by atoms with van der Waals surface area (Å²) in [7, 11) is 0. The standard InChI is InChI=1S/C36H44O2/c1-24(14-16-30(25-10-6-4-7-11-25)26-12-8-5-9-13-26)27-20-32-31-17-15-28-21-29-18-19-35(28,3)36(31,38-29)33(37)23-34(32,2)22-27/h4-13,16,24,27-29,31-32H,14-15,17-23H2,1-3H3/t24-,27+,28-,29-,31+,32-,34+,35?,36+/m1/s1. The van der Waals surface area contributed by atoms with Crippen LogP contribution in [0.25, 0.3) is 5.57 Å². The second-order valence-electron chi connectivity index (χ2n) is 14.2. The van der Waals surface area contributed by atoms with E-state index in [9.17, 15) is 4.79 Å². The number of allylic oxidation sites excluding steroid dienone is 1. The number of carbonyl (C=O) groups is 1. The third-order valence-electron chi connectivity index (χ3n) is 12.3. The van der Waals surface area contributed by atoms with Gasteiger partial charge >= 0.3 is 0 Å². The van der Waals surface area contributed by atoms with E-state index in [0.717, 1.165) is 19.3 Å². The third-order valence-corrected chi connectivity index (χ3v) is 12.3. The molecule has 0 amide bonds. The zero-order chi connectivity index (χ0) is 26.1. The van der Waals surface area contributed by atoms with E-state index in [1.807, 2.05) is 0 Å². The summed E-state index contributed by atoms with van der Waals surface area (Å²) in [6.07, 6.45) is 13.2. The van der Waals surface area contributed by atoms with Gasteiger partial charge in [0.05, 0.1) is 6.10 Å². The fraction of sp³-hybridized carbons (Fsp3) is 0.583. The Morgan fingerprint density at radius 2 is 1.63 bits per heavy atom. The number of hydrogen-bond acceptors (Lipinski definition) is 2. The summed E-state index contributed by atoms with van der Waals surface area (Å²) >= 11 is 0. The minimum atomic E-state index is -0.479. The maximum Gasteiger partial charge on any atom is 0.166 e. The minimum Gasteiger partial charge on any atom is -0.363 e. The molecule has 6 fully saturated rings. The van der Waals surface area contributed by atoms with E-state index in [2.05, 4.69) is 87.5 Å². The monoisotopic (exact) mass is 508 g/mol. The third kappa shape index (κ3) is 3.51. The Morgan fingerprint density at radius 3 is 2.32 bits per heavy atom. The Morgan fingerprint density at radius 1 is 0.947 bits per heavy atom. The zero-order valence-electron chi connectivity index (χ0n) is 23.5. The molecule has 1 unspecified atom stereocenters. The van der Waals surface area contributed by atoms with Crippen LogP contribution < -0.4 is 0 Å². The highest BCUT2D eigenvalue weighted by Crippen LogP contribution is 2.72. The number of rotatable bonds is 5. The molecule has 2 aromatic rings. The maximum absolute atomic E-state index is 14.2. The van der Waals surface area contributed by atoms with Crippen LogP contribution in [-0.4, -0.2) is 17.5 Å². The molecule has 0 N–H and O–H groups in total. The second-order valence-corrected chi connectivity index (χ2v) is 14.2. The van der Waals surface area contributed by atoms with Gasteiger partial charge in [-0.1, -0.05) is 87.5 Å². The van der Waals surface area contributed by atoms with Crippen LogP contribution in [0.15, 0.2) is 66.7 Å². The van der Waals surface area contributed by atoms with Crippen molar-refractivity contribution in [3.05, 3.63) is 77.9 Å². The van der Waals surface area contributed by atoms with Crippen LogP contribution in [0.5, 0.6) is 0 Å². The van der Waals surface area contributed by atoms with Crippen molar-refractivity contribution in [2.24, 2.45) is 40.4 Å². The highest BCUT2D eigenvalue weighted by Gasteiger charge is 2.74. The first-order chi connectivity index (χ1) is 18.3. The molecular weight excluding hydrogens is 464 g/mol. The lowest BCUT2D eigenvalue weighted by Crippen LogP contribution is -2.74. The van der Waals surface area contributed by atoms with Gasteiger partial charge in [0, 0.05) is 11.8 Å². The maximum atomic E-state index is 14.2. The van der Waals surface area contributed by atoms with Crippen LogP contribution in [0.2, 0.25) is 0 Å². The van der Waals surface area contributed by atoms with Gasteiger partial charge in [-0.25, -0.2) is 0 Å². The lowest BCUT2D eigenvalue weighted by Gasteiger charge is -2.70. The Labute approximate surface area is 229 Å². The summed E-state index contributed by atoms with van der Waals surface area (Å²) < 4.78 is 6.93. The van der Waals surface area contributed by atoms with Gasteiger partial charge < -0.3 is 4.74 Å². The van der Waals surface area contributed by atoms with Gasteiger partial charge in [0.15, 0.2) is 5.78 Å². The van der Waals surface area contributed by atoms with Crippen molar-refractivity contribution >= 4 is 11.4 Å². The Bertz CT molecular complexity index is 1190. The second kappa shape index (κ2) is 8.91. The molecule has 2 saturated heterocycles. The van der Waals surface area contributed by atoms with Crippen LogP contribution in [0.1, 0.15) is 89.7 Å². The molecule has 8 rings (SSSR count). The van der Waals surface area contributed by atoms with Gasteiger partial charge in [0.1, 0.15) is 5.60 Å². The summed E-state index contributed by atoms with van der Waals surface area (Å²) in [6, 6.07) is 21.7. The van der Waals surface area contributed by atoms with Crippen molar-refractivity contribution < 1.29 is 9.53 Å². The Hall–Kier alpha value is -2.19. The molecule has 1 spiro atoms. The van der Waals surface area contributed by atoms with Crippen molar-refractivity contribution in [1.29, 1.82) is 0 Å². The van der Waals surface area contributed by atoms with Crippen molar-refractivity contribution in [2.45, 2.75) is 90.3 Å². The van der Waals surface area contributed by atoms with E-state index >= 15 is 0 Å². The van der Waals surface area contributed by atoms with E-state index in [-0.39, 0.29) is 10.8 Å². The lowest BCUT2D eigenvalue weighted by molar-refractivity contribution is -0.306. The average molecular weight is 509 g/mol. The molecule has 4 bridgehead atoms. The number of carbonyl (C=O) groups excluding carboxylic acids is 1. The fourth-order valence-electron chi connectivity index (χ4n) is 10.3. The summed E-state index contributed by atoms with van der Waals surface area (Å²) in [4.78, 5) is 14.2. The molecule has 2 aromatic carbocycles. The highest BCUT2D eigenvalue weighted by atomic mass is 16.5. The van der Waals surface area contributed by atoms with Gasteiger partial charge in [0.25, 0.3) is 0 Å². The number of Topliss-reactive ketones (excluding diaryl/α,β-unsaturated/α-hetero) is 1. The van der Waals surface area contributed by atoms with E-state index < -0.39 is 5.60 Å². The van der Waals surface area contributed by atoms with Crippen LogP contribution in [-0.2, 0) is 9.53 Å². The summed E-state index contributed by atoms with van der Waals surface area (Å²) in [5.74, 6) is 3.48. The lowest BCUT2D eigenvalue weighted by atomic mass is 9.41. The van der Waals surface area contributed by atoms with E-state index in [1.165, 1.54) is 55.2 Å². The Kier molecular flexibility index (Phi) is 5.82. The van der Waals surface area contributed by atoms with Crippen molar-refractivity contribution in [3.63, 3.8) is 0 Å². The molecule has 200 valence electrons. The van der Waals surface area contributed by atoms with Crippen LogP contribution >= 0.6 is 0 Å². The minimum absolute atomic E-state index is 0.0653. The highest BCUT2D eigenvalue weighted by molar-refractivity contribution is 5.91. The van der Waals surface area contributed by atoms with Gasteiger partial charge in [-0.3, -0.25) is 4.79 Å². The molecule has 0 aromatic heterocycles. The number of fused-ring (bicyclic) bond motifs is 3. The molecule has 38 heavy (non-hydrogen) atoms. The summed E-state index contributed by atoms with van der Waals surface area (Å²) in [5, 5.41) is 0. The smallest absolute Gasteiger partial charge is 0.166 e. The molecular formula is C36H44O2. The molecule has 2 aliphatic heterocycles. The first-order valence-corrected chi connectivity index (χ1v) is 15.4. The number of ketones is 1. The SMILES string of the molecule is C[C@H](CC=C(c1ccccc1)c1ccccc1)[C@H]1C[C@@H]2[C@@H]3CC[C@@H]4C[C@H]5CCC4(C)[C@@]3(O5)C(=O)C[C@]2(C)C1. The topological polar surface area (TPSA) is 26.3 Å². The van der Waals surface area contributed by atoms with Gasteiger partial charge in [-0.05, 0) is 103 Å². The van der Waals surface area contributed by atoms with Crippen molar-refractivity contribution in [2.75, 3.05) is 0 Å². The molecule has 4 aliphatic carbocycles. The molecule has 4 saturated carbocycles. The number of hydrogen-bond donors (Lipinski definition) is 0. The number of benzene rings is 2. The molecule has 2 heteroatoms. The summed E-state index contributed by atoms with van der Waals surface area (Å²) in [5.41, 5.74) is 3.65. The van der Waals surface area contributed by atoms with Crippen LogP contribution in [0, 0.1) is 40.4 Å². The zero-order valence-corrected chi connectivity index (χ0v) is 23.5. The predicted molar refractivity (Wildman–Crippen MR) is 153 cm³/mol. The van der Waals surface area contributed by atoms with Gasteiger partial charge in [0.2, 0.25) is 0 Å². The van der Waals surface area contributed by atoms with Crippen molar-refractivity contribution in [3.8, 4) is 0 Å². The van der Waals surface area contributed by atoms with Crippen molar-refractivity contribution in [1.82, 2.24) is 0 Å². The molecule has 0 radical (unpaired) electrons. The summed E-state index contributed by atoms with van der Waals surface area (Å²) in [6.45, 7) is 7.36. The quantitative estimate of drug-likeness (QED) is 0.405. The first kappa shape index (κ1) is 24.8. The normalized spacial score (nSPS) is 41.8. The van der Waals surface area contributed by atoms with Crippen LogP contribution in [0.3, 0.4) is 0 Å². The largest absolute Gasteiger partial charge is 0.363 e. The molecule has 6 aliphatic rings.